The maximum Gasteiger partial charge on any atom is 0.315 e. The fourth-order valence-corrected chi connectivity index (χ4v) is 4.00. The Morgan fingerprint density at radius 1 is 1.30 bits per heavy atom. The number of anilines is 1. The summed E-state index contributed by atoms with van der Waals surface area (Å²) in [7, 11) is 0. The van der Waals surface area contributed by atoms with Crippen molar-refractivity contribution in [3.05, 3.63) is 5.89 Å². The lowest BCUT2D eigenvalue weighted by Gasteiger charge is -2.35. The molecule has 27 heavy (non-hydrogen) atoms. The standard InChI is InChI=1S/C19H33N5O3/c1-3-12-26-17-7-6-15(13-16(17)21-19-23-22-14(2)27-19)18(25)20-8-11-24-9-4-5-10-24/h15-17H,3-13H2,1-2H3,(H,20,25)(H,21,23)/t15-,16+,17+/m0/s1. The largest absolute Gasteiger partial charge is 0.408 e. The summed E-state index contributed by atoms with van der Waals surface area (Å²) in [6.45, 7) is 8.58. The smallest absolute Gasteiger partial charge is 0.315 e. The van der Waals surface area contributed by atoms with Crippen molar-refractivity contribution >= 4 is 11.9 Å². The molecule has 8 nitrogen and oxygen atoms in total. The monoisotopic (exact) mass is 379 g/mol. The highest BCUT2D eigenvalue weighted by Gasteiger charge is 2.35. The van der Waals surface area contributed by atoms with E-state index in [-0.39, 0.29) is 24.0 Å². The molecule has 2 N–H and O–H groups in total. The molecule has 2 fully saturated rings. The fourth-order valence-electron chi connectivity index (χ4n) is 4.00. The van der Waals surface area contributed by atoms with Gasteiger partial charge in [-0.3, -0.25) is 4.79 Å². The maximum atomic E-state index is 12.6. The molecule has 1 aliphatic carbocycles. The van der Waals surface area contributed by atoms with E-state index in [9.17, 15) is 4.79 Å². The lowest BCUT2D eigenvalue weighted by molar-refractivity contribution is -0.127. The molecule has 1 aromatic heterocycles. The molecule has 1 amide bonds. The summed E-state index contributed by atoms with van der Waals surface area (Å²) in [5.41, 5.74) is 0. The Bertz CT molecular complexity index is 588. The molecule has 1 saturated carbocycles. The van der Waals surface area contributed by atoms with Crippen LogP contribution in [0.5, 0.6) is 0 Å². The topological polar surface area (TPSA) is 92.5 Å². The average molecular weight is 380 g/mol. The molecule has 8 heteroatoms. The van der Waals surface area contributed by atoms with Gasteiger partial charge in [0, 0.05) is 32.5 Å². The van der Waals surface area contributed by atoms with Crippen LogP contribution in [0.4, 0.5) is 6.01 Å². The van der Waals surface area contributed by atoms with Gasteiger partial charge in [-0.15, -0.1) is 5.10 Å². The second-order valence-electron chi connectivity index (χ2n) is 7.64. The first-order chi connectivity index (χ1) is 13.2. The van der Waals surface area contributed by atoms with Gasteiger partial charge in [0.05, 0.1) is 12.1 Å². The third kappa shape index (κ3) is 5.90. The van der Waals surface area contributed by atoms with Crippen LogP contribution in [0, 0.1) is 12.8 Å². The lowest BCUT2D eigenvalue weighted by Crippen LogP contribution is -2.46. The molecule has 1 aromatic rings. The van der Waals surface area contributed by atoms with Gasteiger partial charge in [-0.2, -0.15) is 0 Å². The minimum atomic E-state index is -0.00780. The Hall–Kier alpha value is -1.67. The van der Waals surface area contributed by atoms with E-state index in [4.69, 9.17) is 9.15 Å². The van der Waals surface area contributed by atoms with Crippen LogP contribution in [0.25, 0.3) is 0 Å². The summed E-state index contributed by atoms with van der Waals surface area (Å²) in [5.74, 6) is 0.666. The molecule has 2 heterocycles. The molecule has 3 atom stereocenters. The van der Waals surface area contributed by atoms with E-state index >= 15 is 0 Å². The van der Waals surface area contributed by atoms with Gasteiger partial charge in [0.2, 0.25) is 11.8 Å². The number of aryl methyl sites for hydroxylation is 1. The second kappa shape index (κ2) is 10.0. The van der Waals surface area contributed by atoms with Gasteiger partial charge in [-0.1, -0.05) is 12.0 Å². The van der Waals surface area contributed by atoms with Gasteiger partial charge >= 0.3 is 6.01 Å². The number of carbonyl (C=O) groups is 1. The zero-order chi connectivity index (χ0) is 19.1. The predicted octanol–water partition coefficient (Wildman–Crippen LogP) is 1.97. The lowest BCUT2D eigenvalue weighted by atomic mass is 9.83. The van der Waals surface area contributed by atoms with Gasteiger partial charge in [0.25, 0.3) is 0 Å². The van der Waals surface area contributed by atoms with Gasteiger partial charge in [0.15, 0.2) is 0 Å². The van der Waals surface area contributed by atoms with Crippen LogP contribution < -0.4 is 10.6 Å². The number of hydrogen-bond acceptors (Lipinski definition) is 7. The van der Waals surface area contributed by atoms with Crippen LogP contribution in [0.3, 0.4) is 0 Å². The first-order valence-electron chi connectivity index (χ1n) is 10.3. The number of nitrogens with zero attached hydrogens (tertiary/aromatic N) is 3. The van der Waals surface area contributed by atoms with Crippen molar-refractivity contribution in [2.45, 2.75) is 64.5 Å². The highest BCUT2D eigenvalue weighted by atomic mass is 16.5. The Labute approximate surface area is 161 Å². The van der Waals surface area contributed by atoms with Crippen LogP contribution >= 0.6 is 0 Å². The fraction of sp³-hybridized carbons (Fsp3) is 0.842. The van der Waals surface area contributed by atoms with Gasteiger partial charge in [-0.25, -0.2) is 0 Å². The van der Waals surface area contributed by atoms with E-state index in [1.807, 2.05) is 0 Å². The van der Waals surface area contributed by atoms with Crippen molar-refractivity contribution in [1.29, 1.82) is 0 Å². The van der Waals surface area contributed by atoms with Crippen molar-refractivity contribution in [2.75, 3.05) is 38.1 Å². The Morgan fingerprint density at radius 3 is 2.81 bits per heavy atom. The number of carbonyl (C=O) groups excluding carboxylic acids is 1. The molecule has 0 spiro atoms. The highest BCUT2D eigenvalue weighted by molar-refractivity contribution is 5.78. The first-order valence-corrected chi connectivity index (χ1v) is 10.3. The SMILES string of the molecule is CCCO[C@@H]1CC[C@H](C(=O)NCCN2CCCC2)C[C@H]1Nc1nnc(C)o1. The molecule has 152 valence electrons. The molecule has 0 radical (unpaired) electrons. The molecule has 2 aliphatic rings. The van der Waals surface area contributed by atoms with Crippen LogP contribution in [-0.4, -0.2) is 65.9 Å². The average Bonchev–Trinajstić information content (AvgIpc) is 3.32. The van der Waals surface area contributed by atoms with E-state index in [0.29, 0.717) is 18.3 Å². The summed E-state index contributed by atoms with van der Waals surface area (Å²) in [5, 5.41) is 14.3. The van der Waals surface area contributed by atoms with E-state index in [0.717, 1.165) is 52.0 Å². The molecule has 0 aromatic carbocycles. The number of likely N-dealkylation sites (tertiary alicyclic amines) is 1. The summed E-state index contributed by atoms with van der Waals surface area (Å²) >= 11 is 0. The van der Waals surface area contributed by atoms with E-state index in [2.05, 4.69) is 32.7 Å². The van der Waals surface area contributed by atoms with Gasteiger partial charge < -0.3 is 24.7 Å². The third-order valence-electron chi connectivity index (χ3n) is 5.45. The normalized spacial score (nSPS) is 26.2. The second-order valence-corrected chi connectivity index (χ2v) is 7.64. The molecular formula is C19H33N5O3. The minimum absolute atomic E-state index is 0.000480. The number of aromatic nitrogens is 2. The molecular weight excluding hydrogens is 346 g/mol. The predicted molar refractivity (Wildman–Crippen MR) is 103 cm³/mol. The Balaban J connectivity index is 1.51. The highest BCUT2D eigenvalue weighted by Crippen LogP contribution is 2.29. The zero-order valence-corrected chi connectivity index (χ0v) is 16.6. The number of ether oxygens (including phenoxy) is 1. The maximum absolute atomic E-state index is 12.6. The van der Waals surface area contributed by atoms with Crippen LogP contribution in [0.2, 0.25) is 0 Å². The number of rotatable bonds is 9. The quantitative estimate of drug-likeness (QED) is 0.677. The molecule has 0 unspecified atom stereocenters. The summed E-state index contributed by atoms with van der Waals surface area (Å²) in [6, 6.07) is 0.400. The van der Waals surface area contributed by atoms with Crippen LogP contribution in [-0.2, 0) is 9.53 Å². The van der Waals surface area contributed by atoms with E-state index < -0.39 is 0 Å². The summed E-state index contributed by atoms with van der Waals surface area (Å²) in [4.78, 5) is 15.1. The summed E-state index contributed by atoms with van der Waals surface area (Å²) < 4.78 is 11.5. The van der Waals surface area contributed by atoms with Crippen molar-refractivity contribution < 1.29 is 13.9 Å². The van der Waals surface area contributed by atoms with Gasteiger partial charge in [0.1, 0.15) is 0 Å². The van der Waals surface area contributed by atoms with Crippen LogP contribution in [0.15, 0.2) is 4.42 Å². The van der Waals surface area contributed by atoms with Crippen LogP contribution in [0.1, 0.15) is 51.3 Å². The Morgan fingerprint density at radius 2 is 2.11 bits per heavy atom. The molecule has 1 saturated heterocycles. The summed E-state index contributed by atoms with van der Waals surface area (Å²) in [6.07, 6.45) is 6.01. The van der Waals surface area contributed by atoms with Crippen molar-refractivity contribution in [3.8, 4) is 0 Å². The first kappa shape index (κ1) is 20.1. The molecule has 0 bridgehead atoms. The minimum Gasteiger partial charge on any atom is -0.408 e. The number of hydrogen-bond donors (Lipinski definition) is 2. The van der Waals surface area contributed by atoms with Crippen molar-refractivity contribution in [3.63, 3.8) is 0 Å². The number of nitrogens with one attached hydrogen (secondary N) is 2. The van der Waals surface area contributed by atoms with Crippen molar-refractivity contribution in [2.24, 2.45) is 5.92 Å². The van der Waals surface area contributed by atoms with E-state index in [1.165, 1.54) is 12.8 Å². The van der Waals surface area contributed by atoms with E-state index in [1.54, 1.807) is 6.92 Å². The number of amides is 1. The zero-order valence-electron chi connectivity index (χ0n) is 16.6. The van der Waals surface area contributed by atoms with Gasteiger partial charge in [-0.05, 0) is 51.6 Å². The Kier molecular flexibility index (Phi) is 7.46. The molecule has 1 aliphatic heterocycles. The molecule has 3 rings (SSSR count). The van der Waals surface area contributed by atoms with Crippen molar-refractivity contribution in [1.82, 2.24) is 20.4 Å². The third-order valence-corrected chi connectivity index (χ3v) is 5.45.